The Hall–Kier alpha value is -2.23. The number of benzene rings is 1. The fraction of sp³-hybridized carbons (Fsp3) is 0.154. The quantitative estimate of drug-likeness (QED) is 0.774. The number of hydrogen-bond donors (Lipinski definition) is 2. The van der Waals surface area contributed by atoms with Crippen molar-refractivity contribution in [1.29, 1.82) is 0 Å². The molecule has 0 amide bonds. The summed E-state index contributed by atoms with van der Waals surface area (Å²) in [4.78, 5) is 4.26. The van der Waals surface area contributed by atoms with Crippen LogP contribution in [0.15, 0.2) is 30.3 Å². The summed E-state index contributed by atoms with van der Waals surface area (Å²) in [5.74, 6) is 1.22. The predicted octanol–water partition coefficient (Wildman–Crippen LogP) is 2.23. The van der Waals surface area contributed by atoms with Crippen LogP contribution in [0.4, 0.5) is 11.5 Å². The minimum atomic E-state index is 0.494. The Morgan fingerprint density at radius 2 is 1.76 bits per heavy atom. The highest BCUT2D eigenvalue weighted by atomic mass is 16.5. The normalized spacial score (nSPS) is 10.2. The molecule has 0 radical (unpaired) electrons. The summed E-state index contributed by atoms with van der Waals surface area (Å²) in [6, 6.07) is 9.39. The summed E-state index contributed by atoms with van der Waals surface area (Å²) >= 11 is 0. The van der Waals surface area contributed by atoms with Gasteiger partial charge in [0.1, 0.15) is 11.6 Å². The summed E-state index contributed by atoms with van der Waals surface area (Å²) in [6.07, 6.45) is 0. The van der Waals surface area contributed by atoms with Crippen LogP contribution in [-0.4, -0.2) is 12.1 Å². The fourth-order valence-corrected chi connectivity index (χ4v) is 1.71. The molecule has 2 aromatic rings. The number of nitrogen functional groups attached to an aromatic ring is 2. The van der Waals surface area contributed by atoms with Gasteiger partial charge in [0.2, 0.25) is 0 Å². The number of aryl methyl sites for hydroxylation is 1. The van der Waals surface area contributed by atoms with Crippen LogP contribution in [0.25, 0.3) is 11.1 Å². The van der Waals surface area contributed by atoms with Gasteiger partial charge < -0.3 is 16.2 Å². The second-order valence-electron chi connectivity index (χ2n) is 3.83. The molecule has 1 heterocycles. The van der Waals surface area contributed by atoms with Crippen molar-refractivity contribution in [3.63, 3.8) is 0 Å². The lowest BCUT2D eigenvalue weighted by Gasteiger charge is -2.10. The number of hydrogen-bond acceptors (Lipinski definition) is 4. The third kappa shape index (κ3) is 2.15. The van der Waals surface area contributed by atoms with E-state index in [-0.39, 0.29) is 0 Å². The smallest absolute Gasteiger partial charge is 0.140 e. The van der Waals surface area contributed by atoms with E-state index in [0.29, 0.717) is 5.82 Å². The van der Waals surface area contributed by atoms with Gasteiger partial charge in [0, 0.05) is 11.3 Å². The van der Waals surface area contributed by atoms with E-state index in [1.165, 1.54) is 0 Å². The first-order valence-electron chi connectivity index (χ1n) is 5.29. The van der Waals surface area contributed by atoms with E-state index in [2.05, 4.69) is 4.98 Å². The monoisotopic (exact) mass is 229 g/mol. The highest BCUT2D eigenvalue weighted by Gasteiger charge is 2.08. The molecule has 4 N–H and O–H groups in total. The third-order valence-corrected chi connectivity index (χ3v) is 2.64. The number of ether oxygens (including phenoxy) is 1. The lowest BCUT2D eigenvalue weighted by atomic mass is 10.1. The average Bonchev–Trinajstić information content (AvgIpc) is 2.31. The number of anilines is 2. The van der Waals surface area contributed by atoms with Crippen molar-refractivity contribution in [1.82, 2.24) is 4.98 Å². The topological polar surface area (TPSA) is 74.2 Å². The Morgan fingerprint density at radius 3 is 2.35 bits per heavy atom. The van der Waals surface area contributed by atoms with Crippen molar-refractivity contribution < 1.29 is 4.74 Å². The lowest BCUT2D eigenvalue weighted by Crippen LogP contribution is -1.99. The first-order valence-corrected chi connectivity index (χ1v) is 5.29. The minimum absolute atomic E-state index is 0.494. The molecule has 4 heteroatoms. The van der Waals surface area contributed by atoms with Gasteiger partial charge in [-0.25, -0.2) is 4.98 Å². The Balaban J connectivity index is 2.55. The van der Waals surface area contributed by atoms with Crippen LogP contribution in [0, 0.1) is 6.92 Å². The zero-order chi connectivity index (χ0) is 12.4. The largest absolute Gasteiger partial charge is 0.495 e. The molecule has 1 aromatic carbocycles. The molecule has 17 heavy (non-hydrogen) atoms. The number of aromatic nitrogens is 1. The van der Waals surface area contributed by atoms with Gasteiger partial charge in [0.25, 0.3) is 0 Å². The van der Waals surface area contributed by atoms with Gasteiger partial charge >= 0.3 is 0 Å². The first-order chi connectivity index (χ1) is 8.11. The summed E-state index contributed by atoms with van der Waals surface area (Å²) in [6.45, 7) is 1.86. The van der Waals surface area contributed by atoms with Crippen LogP contribution in [0.1, 0.15) is 5.69 Å². The molecule has 0 aliphatic carbocycles. The van der Waals surface area contributed by atoms with Gasteiger partial charge in [-0.15, -0.1) is 0 Å². The number of rotatable bonds is 2. The SMILES string of the molecule is COc1cc(-c2ccc(N)cc2)c(N)nc1C. The van der Waals surface area contributed by atoms with Crippen LogP contribution < -0.4 is 16.2 Å². The van der Waals surface area contributed by atoms with Crippen molar-refractivity contribution in [2.45, 2.75) is 6.92 Å². The van der Waals surface area contributed by atoms with Gasteiger partial charge in [-0.2, -0.15) is 0 Å². The van der Waals surface area contributed by atoms with Gasteiger partial charge in [-0.05, 0) is 30.7 Å². The van der Waals surface area contributed by atoms with Gasteiger partial charge in [0.05, 0.1) is 12.8 Å². The van der Waals surface area contributed by atoms with E-state index in [1.807, 2.05) is 37.3 Å². The maximum absolute atomic E-state index is 5.92. The Bertz CT molecular complexity index is 535. The molecule has 1 aromatic heterocycles. The van der Waals surface area contributed by atoms with Crippen molar-refractivity contribution in [3.05, 3.63) is 36.0 Å². The maximum Gasteiger partial charge on any atom is 0.140 e. The van der Waals surface area contributed by atoms with Gasteiger partial charge in [-0.3, -0.25) is 0 Å². The summed E-state index contributed by atoms with van der Waals surface area (Å²) in [7, 11) is 1.62. The van der Waals surface area contributed by atoms with Gasteiger partial charge in [-0.1, -0.05) is 12.1 Å². The molecule has 0 aliphatic rings. The molecule has 0 saturated heterocycles. The van der Waals surface area contributed by atoms with Crippen LogP contribution >= 0.6 is 0 Å². The molecule has 0 unspecified atom stereocenters. The molecule has 0 aliphatic heterocycles. The number of nitrogens with zero attached hydrogens (tertiary/aromatic N) is 1. The molecule has 2 rings (SSSR count). The summed E-state index contributed by atoms with van der Waals surface area (Å²) < 4.78 is 5.24. The zero-order valence-electron chi connectivity index (χ0n) is 9.90. The van der Waals surface area contributed by atoms with Crippen LogP contribution in [-0.2, 0) is 0 Å². The molecule has 0 bridgehead atoms. The highest BCUT2D eigenvalue weighted by molar-refractivity contribution is 5.76. The average molecular weight is 229 g/mol. The molecule has 0 fully saturated rings. The summed E-state index contributed by atoms with van der Waals surface area (Å²) in [5.41, 5.74) is 14.9. The van der Waals surface area contributed by atoms with Crippen molar-refractivity contribution in [3.8, 4) is 16.9 Å². The Labute approximate surface area is 100 Å². The van der Waals surface area contributed by atoms with E-state index in [4.69, 9.17) is 16.2 Å². The fourth-order valence-electron chi connectivity index (χ4n) is 1.71. The number of nitrogens with two attached hydrogens (primary N) is 2. The van der Waals surface area contributed by atoms with Gasteiger partial charge in [0.15, 0.2) is 0 Å². The molecule has 0 atom stereocenters. The van der Waals surface area contributed by atoms with E-state index >= 15 is 0 Å². The molecule has 0 spiro atoms. The number of methoxy groups -OCH3 is 1. The number of pyridine rings is 1. The van der Waals surface area contributed by atoms with Crippen molar-refractivity contribution in [2.24, 2.45) is 0 Å². The second-order valence-corrected chi connectivity index (χ2v) is 3.83. The van der Waals surface area contributed by atoms with Crippen molar-refractivity contribution >= 4 is 11.5 Å². The van der Waals surface area contributed by atoms with Crippen LogP contribution in [0.3, 0.4) is 0 Å². The Morgan fingerprint density at radius 1 is 1.12 bits per heavy atom. The van der Waals surface area contributed by atoms with E-state index in [1.54, 1.807) is 7.11 Å². The lowest BCUT2D eigenvalue weighted by molar-refractivity contribution is 0.409. The molecular formula is C13H15N3O. The molecular weight excluding hydrogens is 214 g/mol. The first kappa shape index (κ1) is 11.3. The van der Waals surface area contributed by atoms with E-state index in [9.17, 15) is 0 Å². The highest BCUT2D eigenvalue weighted by Crippen LogP contribution is 2.30. The second kappa shape index (κ2) is 4.33. The van der Waals surface area contributed by atoms with E-state index in [0.717, 1.165) is 28.3 Å². The van der Waals surface area contributed by atoms with E-state index < -0.39 is 0 Å². The van der Waals surface area contributed by atoms with Crippen molar-refractivity contribution in [2.75, 3.05) is 18.6 Å². The third-order valence-electron chi connectivity index (χ3n) is 2.64. The summed E-state index contributed by atoms with van der Waals surface area (Å²) in [5, 5.41) is 0. The van der Waals surface area contributed by atoms with Crippen LogP contribution in [0.2, 0.25) is 0 Å². The minimum Gasteiger partial charge on any atom is -0.495 e. The molecule has 4 nitrogen and oxygen atoms in total. The molecule has 88 valence electrons. The molecule has 0 saturated carbocycles. The predicted molar refractivity (Wildman–Crippen MR) is 69.8 cm³/mol. The van der Waals surface area contributed by atoms with Crippen LogP contribution in [0.5, 0.6) is 5.75 Å². The zero-order valence-corrected chi connectivity index (χ0v) is 9.90. The Kier molecular flexibility index (Phi) is 2.87. The maximum atomic E-state index is 5.92. The standard InChI is InChI=1S/C13H15N3O/c1-8-12(17-2)7-11(13(15)16-8)9-3-5-10(14)6-4-9/h3-7H,14H2,1-2H3,(H2,15,16).